The largest absolute Gasteiger partial charge is 0.314 e. The predicted molar refractivity (Wildman–Crippen MR) is 85.9 cm³/mol. The van der Waals surface area contributed by atoms with E-state index in [2.05, 4.69) is 61.4 Å². The van der Waals surface area contributed by atoms with Gasteiger partial charge in [-0.15, -0.1) is 0 Å². The number of aryl methyl sites for hydroxylation is 1. The van der Waals surface area contributed by atoms with Gasteiger partial charge in [-0.2, -0.15) is 0 Å². The lowest BCUT2D eigenvalue weighted by Gasteiger charge is -2.13. The summed E-state index contributed by atoms with van der Waals surface area (Å²) in [5.41, 5.74) is 5.11. The van der Waals surface area contributed by atoms with Crippen molar-refractivity contribution in [3.8, 4) is 11.1 Å². The molecular formula is C18H24N2. The fourth-order valence-electron chi connectivity index (χ4n) is 2.40. The highest BCUT2D eigenvalue weighted by Crippen LogP contribution is 2.22. The highest BCUT2D eigenvalue weighted by Gasteiger charge is 2.04. The molecule has 2 aromatic rings. The quantitative estimate of drug-likeness (QED) is 0.857. The Bertz CT molecular complexity index is 531. The fraction of sp³-hybridized carbons (Fsp3) is 0.389. The Hall–Kier alpha value is -1.67. The lowest BCUT2D eigenvalue weighted by molar-refractivity contribution is 0.543. The summed E-state index contributed by atoms with van der Waals surface area (Å²) in [5, 5.41) is 3.53. The summed E-state index contributed by atoms with van der Waals surface area (Å²) in [7, 11) is 0. The highest BCUT2D eigenvalue weighted by molar-refractivity contribution is 5.66. The first-order chi connectivity index (χ1) is 9.70. The number of nitrogens with zero attached hydrogens (tertiary/aromatic N) is 1. The molecule has 1 heterocycles. The second-order valence-electron chi connectivity index (χ2n) is 5.45. The molecule has 20 heavy (non-hydrogen) atoms. The van der Waals surface area contributed by atoms with E-state index in [-0.39, 0.29) is 0 Å². The molecule has 0 amide bonds. The first kappa shape index (κ1) is 14.7. The molecule has 0 aliphatic carbocycles. The molecule has 2 nitrogen and oxygen atoms in total. The molecule has 0 saturated heterocycles. The molecule has 0 radical (unpaired) electrons. The molecule has 2 heteroatoms. The molecule has 2 rings (SSSR count). The van der Waals surface area contributed by atoms with Crippen molar-refractivity contribution in [2.45, 2.75) is 39.7 Å². The maximum absolute atomic E-state index is 4.22. The minimum Gasteiger partial charge on any atom is -0.314 e. The van der Waals surface area contributed by atoms with Crippen LogP contribution in [0.3, 0.4) is 0 Å². The fourth-order valence-corrected chi connectivity index (χ4v) is 2.40. The Morgan fingerprint density at radius 2 is 1.90 bits per heavy atom. The van der Waals surface area contributed by atoms with Crippen LogP contribution in [0.2, 0.25) is 0 Å². The summed E-state index contributed by atoms with van der Waals surface area (Å²) in [4.78, 5) is 4.22. The van der Waals surface area contributed by atoms with Crippen LogP contribution in [0.4, 0.5) is 0 Å². The van der Waals surface area contributed by atoms with Crippen LogP contribution in [0.25, 0.3) is 11.1 Å². The van der Waals surface area contributed by atoms with Gasteiger partial charge in [0.05, 0.1) is 0 Å². The third kappa shape index (κ3) is 3.91. The van der Waals surface area contributed by atoms with Gasteiger partial charge in [-0.05, 0) is 56.0 Å². The van der Waals surface area contributed by atoms with E-state index in [0.717, 1.165) is 13.0 Å². The molecule has 0 aliphatic rings. The van der Waals surface area contributed by atoms with Gasteiger partial charge in [-0.1, -0.05) is 31.2 Å². The van der Waals surface area contributed by atoms with E-state index in [1.165, 1.54) is 28.7 Å². The van der Waals surface area contributed by atoms with Gasteiger partial charge in [-0.3, -0.25) is 4.98 Å². The van der Waals surface area contributed by atoms with Gasteiger partial charge in [0.2, 0.25) is 0 Å². The van der Waals surface area contributed by atoms with Crippen LogP contribution in [-0.2, 0) is 6.42 Å². The zero-order valence-corrected chi connectivity index (χ0v) is 12.7. The van der Waals surface area contributed by atoms with Crippen LogP contribution >= 0.6 is 0 Å². The molecule has 1 unspecified atom stereocenters. The van der Waals surface area contributed by atoms with E-state index in [4.69, 9.17) is 0 Å². The third-order valence-corrected chi connectivity index (χ3v) is 3.59. The molecule has 0 aliphatic heterocycles. The first-order valence-corrected chi connectivity index (χ1v) is 7.44. The lowest BCUT2D eigenvalue weighted by Crippen LogP contribution is -2.28. The summed E-state index contributed by atoms with van der Waals surface area (Å²) in [6.45, 7) is 7.66. The topological polar surface area (TPSA) is 24.9 Å². The van der Waals surface area contributed by atoms with Crippen molar-refractivity contribution in [2.75, 3.05) is 6.54 Å². The SMILES string of the molecule is CCCNC(C)Cc1ccc(-c2cnccc2C)cc1. The summed E-state index contributed by atoms with van der Waals surface area (Å²) < 4.78 is 0. The molecule has 0 saturated carbocycles. The number of pyridine rings is 1. The lowest BCUT2D eigenvalue weighted by atomic mass is 9.99. The predicted octanol–water partition coefficient (Wildman–Crippen LogP) is 3.99. The van der Waals surface area contributed by atoms with Gasteiger partial charge < -0.3 is 5.32 Å². The molecule has 1 atom stereocenters. The zero-order chi connectivity index (χ0) is 14.4. The van der Waals surface area contributed by atoms with Gasteiger partial charge >= 0.3 is 0 Å². The summed E-state index contributed by atoms with van der Waals surface area (Å²) in [6, 6.07) is 11.4. The summed E-state index contributed by atoms with van der Waals surface area (Å²) in [6.07, 6.45) is 6.04. The van der Waals surface area contributed by atoms with Gasteiger partial charge in [0.25, 0.3) is 0 Å². The van der Waals surface area contributed by atoms with Crippen molar-refractivity contribution >= 4 is 0 Å². The minimum absolute atomic E-state index is 0.529. The number of hydrogen-bond acceptors (Lipinski definition) is 2. The van der Waals surface area contributed by atoms with E-state index >= 15 is 0 Å². The van der Waals surface area contributed by atoms with Crippen molar-refractivity contribution in [2.24, 2.45) is 0 Å². The van der Waals surface area contributed by atoms with Crippen molar-refractivity contribution in [3.63, 3.8) is 0 Å². The first-order valence-electron chi connectivity index (χ1n) is 7.44. The number of aromatic nitrogens is 1. The maximum atomic E-state index is 4.22. The third-order valence-electron chi connectivity index (χ3n) is 3.59. The average molecular weight is 268 g/mol. The Morgan fingerprint density at radius 1 is 1.15 bits per heavy atom. The normalized spacial score (nSPS) is 12.3. The van der Waals surface area contributed by atoms with E-state index in [0.29, 0.717) is 6.04 Å². The van der Waals surface area contributed by atoms with Crippen molar-refractivity contribution < 1.29 is 0 Å². The van der Waals surface area contributed by atoms with Gasteiger partial charge in [0.15, 0.2) is 0 Å². The van der Waals surface area contributed by atoms with Crippen LogP contribution in [-0.4, -0.2) is 17.6 Å². The Morgan fingerprint density at radius 3 is 2.55 bits per heavy atom. The molecular weight excluding hydrogens is 244 g/mol. The molecule has 0 spiro atoms. The van der Waals surface area contributed by atoms with E-state index < -0.39 is 0 Å². The van der Waals surface area contributed by atoms with Crippen molar-refractivity contribution in [1.82, 2.24) is 10.3 Å². The molecule has 1 N–H and O–H groups in total. The number of nitrogens with one attached hydrogen (secondary N) is 1. The monoisotopic (exact) mass is 268 g/mol. The summed E-state index contributed by atoms with van der Waals surface area (Å²) >= 11 is 0. The summed E-state index contributed by atoms with van der Waals surface area (Å²) in [5.74, 6) is 0. The Balaban J connectivity index is 2.05. The second kappa shape index (κ2) is 7.20. The number of rotatable bonds is 6. The van der Waals surface area contributed by atoms with Crippen LogP contribution in [0.5, 0.6) is 0 Å². The standard InChI is InChI=1S/C18H24N2/c1-4-10-20-15(3)12-16-5-7-17(8-6-16)18-13-19-11-9-14(18)2/h5-9,11,13,15,20H,4,10,12H2,1-3H3. The second-order valence-corrected chi connectivity index (χ2v) is 5.45. The van der Waals surface area contributed by atoms with Crippen LogP contribution < -0.4 is 5.32 Å². The van der Waals surface area contributed by atoms with E-state index in [1.807, 2.05) is 12.4 Å². The van der Waals surface area contributed by atoms with Gasteiger partial charge in [0, 0.05) is 24.0 Å². The van der Waals surface area contributed by atoms with Crippen LogP contribution in [0, 0.1) is 6.92 Å². The van der Waals surface area contributed by atoms with Crippen molar-refractivity contribution in [3.05, 3.63) is 53.9 Å². The average Bonchev–Trinajstić information content (AvgIpc) is 2.47. The molecule has 1 aromatic carbocycles. The molecule has 1 aromatic heterocycles. The zero-order valence-electron chi connectivity index (χ0n) is 12.7. The van der Waals surface area contributed by atoms with E-state index in [9.17, 15) is 0 Å². The number of hydrogen-bond donors (Lipinski definition) is 1. The van der Waals surface area contributed by atoms with E-state index in [1.54, 1.807) is 0 Å². The Kier molecular flexibility index (Phi) is 5.31. The van der Waals surface area contributed by atoms with Gasteiger partial charge in [0.1, 0.15) is 0 Å². The van der Waals surface area contributed by atoms with Gasteiger partial charge in [-0.25, -0.2) is 0 Å². The van der Waals surface area contributed by atoms with Crippen LogP contribution in [0.15, 0.2) is 42.7 Å². The smallest absolute Gasteiger partial charge is 0.0349 e. The Labute approximate surface area is 122 Å². The molecule has 0 bridgehead atoms. The van der Waals surface area contributed by atoms with Crippen molar-refractivity contribution in [1.29, 1.82) is 0 Å². The number of benzene rings is 1. The van der Waals surface area contributed by atoms with Crippen LogP contribution in [0.1, 0.15) is 31.4 Å². The minimum atomic E-state index is 0.529. The molecule has 106 valence electrons. The molecule has 0 fully saturated rings. The maximum Gasteiger partial charge on any atom is 0.0349 e. The highest BCUT2D eigenvalue weighted by atomic mass is 14.9.